The van der Waals surface area contributed by atoms with Crippen molar-refractivity contribution in [1.82, 2.24) is 29.8 Å². The van der Waals surface area contributed by atoms with Crippen molar-refractivity contribution in [3.05, 3.63) is 75.0 Å². The molecule has 11 heteroatoms. The van der Waals surface area contributed by atoms with E-state index in [1.807, 2.05) is 23.7 Å². The number of aryl methyl sites for hydroxylation is 1. The smallest absolute Gasteiger partial charge is 0.186 e. The van der Waals surface area contributed by atoms with Crippen molar-refractivity contribution in [2.45, 2.75) is 19.9 Å². The first-order chi connectivity index (χ1) is 16.0. The number of hydrogen-bond acceptors (Lipinski definition) is 6. The number of aromatic amines is 1. The highest BCUT2D eigenvalue weighted by atomic mass is 127. The molecular weight excluding hydrogens is 549 g/mol. The number of pyridine rings is 1. The zero-order valence-electron chi connectivity index (χ0n) is 17.7. The van der Waals surface area contributed by atoms with Gasteiger partial charge in [-0.2, -0.15) is 10.2 Å². The van der Waals surface area contributed by atoms with Crippen molar-refractivity contribution < 1.29 is 0 Å². The highest BCUT2D eigenvalue weighted by molar-refractivity contribution is 14.1. The van der Waals surface area contributed by atoms with E-state index in [1.165, 1.54) is 15.5 Å². The number of H-pyrrole nitrogens is 1. The fraction of sp³-hybridized carbons (Fsp3) is 0.136. The maximum absolute atomic E-state index is 5.50. The van der Waals surface area contributed by atoms with E-state index in [-0.39, 0.29) is 5.96 Å². The van der Waals surface area contributed by atoms with E-state index < -0.39 is 0 Å². The van der Waals surface area contributed by atoms with E-state index in [2.05, 4.69) is 78.2 Å². The summed E-state index contributed by atoms with van der Waals surface area (Å²) in [6, 6.07) is 12.5. The fourth-order valence-electron chi connectivity index (χ4n) is 3.63. The Bertz CT molecular complexity index is 1450. The maximum atomic E-state index is 5.50. The highest BCUT2D eigenvalue weighted by Crippen LogP contribution is 2.38. The molecule has 0 atom stereocenters. The number of aromatic nitrogens is 6. The summed E-state index contributed by atoms with van der Waals surface area (Å²) in [6.45, 7) is 2.40. The van der Waals surface area contributed by atoms with Crippen molar-refractivity contribution in [3.8, 4) is 21.3 Å². The van der Waals surface area contributed by atoms with Gasteiger partial charge in [-0.25, -0.2) is 19.5 Å². The van der Waals surface area contributed by atoms with Crippen LogP contribution in [0.4, 0.5) is 0 Å². The number of guanidine groups is 1. The summed E-state index contributed by atoms with van der Waals surface area (Å²) in [6.07, 6.45) is 4.12. The van der Waals surface area contributed by atoms with Crippen LogP contribution < -0.4 is 11.5 Å². The number of rotatable bonds is 6. The van der Waals surface area contributed by atoms with Crippen LogP contribution in [0.1, 0.15) is 22.5 Å². The third-order valence-corrected chi connectivity index (χ3v) is 6.99. The molecule has 5 rings (SSSR count). The molecule has 5 aromatic rings. The summed E-state index contributed by atoms with van der Waals surface area (Å²) in [7, 11) is 0. The predicted molar refractivity (Wildman–Crippen MR) is 138 cm³/mol. The molecule has 5 N–H and O–H groups in total. The fourth-order valence-corrected chi connectivity index (χ4v) is 5.12. The Labute approximate surface area is 207 Å². The Morgan fingerprint density at radius 2 is 2.00 bits per heavy atom. The average molecular weight is 569 g/mol. The lowest BCUT2D eigenvalue weighted by molar-refractivity contribution is 0.924. The second-order valence-electron chi connectivity index (χ2n) is 7.50. The number of nitrogens with zero attached hydrogens (tertiary/aromatic N) is 6. The third kappa shape index (κ3) is 4.46. The van der Waals surface area contributed by atoms with Gasteiger partial charge in [0.1, 0.15) is 11.3 Å². The molecule has 0 saturated heterocycles. The number of nitrogens with one attached hydrogen (secondary N) is 1. The number of fused-ring (bicyclic) bond motifs is 1. The third-order valence-electron chi connectivity index (χ3n) is 5.14. The predicted octanol–water partition coefficient (Wildman–Crippen LogP) is 3.52. The van der Waals surface area contributed by atoms with Crippen LogP contribution in [0, 0.1) is 10.5 Å². The minimum atomic E-state index is 0.0663. The van der Waals surface area contributed by atoms with Crippen LogP contribution in [-0.2, 0) is 13.0 Å². The Morgan fingerprint density at radius 1 is 1.18 bits per heavy atom. The first kappa shape index (κ1) is 21.5. The van der Waals surface area contributed by atoms with E-state index >= 15 is 0 Å². The van der Waals surface area contributed by atoms with Crippen molar-refractivity contribution in [2.24, 2.45) is 16.5 Å². The number of benzene rings is 1. The van der Waals surface area contributed by atoms with Gasteiger partial charge >= 0.3 is 0 Å². The monoisotopic (exact) mass is 569 g/mol. The topological polar surface area (TPSA) is 136 Å². The summed E-state index contributed by atoms with van der Waals surface area (Å²) < 4.78 is 3.06. The van der Waals surface area contributed by atoms with Gasteiger partial charge in [0, 0.05) is 16.2 Å². The average Bonchev–Trinajstić information content (AvgIpc) is 3.51. The number of hydrogen-bond donors (Lipinski definition) is 3. The molecule has 33 heavy (non-hydrogen) atoms. The van der Waals surface area contributed by atoms with E-state index in [1.54, 1.807) is 11.3 Å². The summed E-state index contributed by atoms with van der Waals surface area (Å²) in [5, 5.41) is 12.6. The molecule has 0 aliphatic heterocycles. The van der Waals surface area contributed by atoms with Gasteiger partial charge in [0.25, 0.3) is 0 Å². The highest BCUT2D eigenvalue weighted by Gasteiger charge is 2.21. The Balaban J connectivity index is 1.61. The van der Waals surface area contributed by atoms with E-state index in [0.717, 1.165) is 37.9 Å². The summed E-state index contributed by atoms with van der Waals surface area (Å²) in [5.74, 6) is 0.776. The first-order valence-electron chi connectivity index (χ1n) is 10.1. The van der Waals surface area contributed by atoms with E-state index in [9.17, 15) is 0 Å². The molecule has 0 spiro atoms. The normalized spacial score (nSPS) is 11.2. The molecule has 166 valence electrons. The molecule has 4 heterocycles. The lowest BCUT2D eigenvalue weighted by Crippen LogP contribution is -2.22. The van der Waals surface area contributed by atoms with Crippen LogP contribution in [0.2, 0.25) is 0 Å². The van der Waals surface area contributed by atoms with Crippen molar-refractivity contribution in [2.75, 3.05) is 0 Å². The molecule has 0 saturated carbocycles. The van der Waals surface area contributed by atoms with E-state index in [0.29, 0.717) is 18.8 Å². The molecule has 0 bridgehead atoms. The van der Waals surface area contributed by atoms with Crippen LogP contribution >= 0.6 is 33.9 Å². The lowest BCUT2D eigenvalue weighted by Gasteiger charge is -2.01. The Kier molecular flexibility index (Phi) is 5.81. The van der Waals surface area contributed by atoms with Crippen molar-refractivity contribution in [3.63, 3.8) is 0 Å². The zero-order valence-corrected chi connectivity index (χ0v) is 20.6. The first-order valence-corrected chi connectivity index (χ1v) is 12.0. The molecule has 4 aromatic heterocycles. The Hall–Kier alpha value is -3.32. The van der Waals surface area contributed by atoms with Crippen LogP contribution in [0.25, 0.3) is 26.8 Å². The van der Waals surface area contributed by atoms with Gasteiger partial charge in [-0.1, -0.05) is 12.1 Å². The molecule has 0 radical (unpaired) electrons. The van der Waals surface area contributed by atoms with Gasteiger partial charge in [0.15, 0.2) is 11.8 Å². The standard InChI is InChI=1S/C22H20IN9S/c1-12-18(17-9-14(10-26-22(24)25)6-7-32(17)31-12)21-29-16(8-13-2-4-15(23)5-3-13)19(33-21)20-27-11-28-30-20/h2-7,9,11H,8,10H2,1H3,(H4,24,25,26)(H,27,28,30). The molecular formula is C22H20IN9S. The zero-order chi connectivity index (χ0) is 22.9. The summed E-state index contributed by atoms with van der Waals surface area (Å²) in [5.41, 5.74) is 17.0. The molecule has 0 amide bonds. The quantitative estimate of drug-likeness (QED) is 0.163. The summed E-state index contributed by atoms with van der Waals surface area (Å²) in [4.78, 5) is 14.5. The van der Waals surface area contributed by atoms with Crippen molar-refractivity contribution in [1.29, 1.82) is 0 Å². The number of thiazole rings is 1. The minimum Gasteiger partial charge on any atom is -0.370 e. The van der Waals surface area contributed by atoms with Crippen LogP contribution in [0.5, 0.6) is 0 Å². The molecule has 0 aliphatic rings. The van der Waals surface area contributed by atoms with E-state index in [4.69, 9.17) is 16.5 Å². The van der Waals surface area contributed by atoms with Gasteiger partial charge < -0.3 is 11.5 Å². The largest absolute Gasteiger partial charge is 0.370 e. The molecule has 0 unspecified atom stereocenters. The molecule has 0 fully saturated rings. The lowest BCUT2D eigenvalue weighted by atomic mass is 10.1. The van der Waals surface area contributed by atoms with Crippen LogP contribution in [0.3, 0.4) is 0 Å². The second-order valence-corrected chi connectivity index (χ2v) is 9.74. The van der Waals surface area contributed by atoms with Crippen LogP contribution in [0.15, 0.2) is 53.9 Å². The molecule has 9 nitrogen and oxygen atoms in total. The van der Waals surface area contributed by atoms with Gasteiger partial charge in [0.2, 0.25) is 0 Å². The SMILES string of the molecule is Cc1nn2ccc(CN=C(N)N)cc2c1-c1nc(Cc2ccc(I)cc2)c(-c2ncn[nH]2)s1. The second kappa shape index (κ2) is 8.90. The maximum Gasteiger partial charge on any atom is 0.186 e. The number of nitrogens with two attached hydrogens (primary N) is 2. The summed E-state index contributed by atoms with van der Waals surface area (Å²) >= 11 is 3.89. The van der Waals surface area contributed by atoms with Crippen molar-refractivity contribution >= 4 is 45.4 Å². The van der Waals surface area contributed by atoms with Gasteiger partial charge in [0.05, 0.1) is 33.9 Å². The van der Waals surface area contributed by atoms with Gasteiger partial charge in [-0.3, -0.25) is 5.10 Å². The van der Waals surface area contributed by atoms with Gasteiger partial charge in [-0.05, 0) is 64.9 Å². The minimum absolute atomic E-state index is 0.0663. The van der Waals surface area contributed by atoms with Crippen LogP contribution in [-0.4, -0.2) is 35.7 Å². The Morgan fingerprint density at radius 3 is 2.73 bits per heavy atom. The van der Waals surface area contributed by atoms with Gasteiger partial charge in [-0.15, -0.1) is 11.3 Å². The number of halogens is 1. The number of aliphatic imine (C=N–C) groups is 1. The molecule has 0 aliphatic carbocycles. The molecule has 1 aromatic carbocycles.